The van der Waals surface area contributed by atoms with Gasteiger partial charge < -0.3 is 15.8 Å². The quantitative estimate of drug-likeness (QED) is 0.558. The van der Waals surface area contributed by atoms with Crippen molar-refractivity contribution in [2.45, 2.75) is 26.7 Å². The highest BCUT2D eigenvalue weighted by Gasteiger charge is 2.14. The molecule has 0 aliphatic heterocycles. The van der Waals surface area contributed by atoms with Crippen LogP contribution in [-0.4, -0.2) is 32.2 Å². The minimum absolute atomic E-state index is 0.0247. The number of carbonyl (C=O) groups is 1. The first kappa shape index (κ1) is 14.9. The fourth-order valence-electron chi connectivity index (χ4n) is 1.15. The van der Waals surface area contributed by atoms with Gasteiger partial charge in [0.25, 0.3) is 0 Å². The Morgan fingerprint density at radius 1 is 1.50 bits per heavy atom. The van der Waals surface area contributed by atoms with E-state index in [1.807, 2.05) is 13.8 Å². The second kappa shape index (κ2) is 8.08. The molecule has 0 spiro atoms. The van der Waals surface area contributed by atoms with E-state index in [0.717, 1.165) is 19.4 Å². The third-order valence-corrected chi connectivity index (χ3v) is 2.13. The van der Waals surface area contributed by atoms with E-state index in [9.17, 15) is 4.79 Å². The first-order valence-corrected chi connectivity index (χ1v) is 5.46. The minimum Gasteiger partial charge on any atom is -0.370 e. The topological polar surface area (TPSA) is 88.1 Å². The number of nitrogens with zero attached hydrogens (tertiary/aromatic N) is 1. The molecule has 0 aromatic carbocycles. The van der Waals surface area contributed by atoms with E-state index in [1.165, 1.54) is 0 Å². The molecule has 0 aromatic heterocycles. The maximum atomic E-state index is 10.3. The number of nitrogens with two attached hydrogens (primary N) is 1. The second-order valence-corrected chi connectivity index (χ2v) is 4.37. The number of hydrogen-bond donors (Lipinski definition) is 2. The van der Waals surface area contributed by atoms with Crippen molar-refractivity contribution >= 4 is 5.91 Å². The molecule has 92 valence electrons. The van der Waals surface area contributed by atoms with Gasteiger partial charge in [-0.3, -0.25) is 4.79 Å². The van der Waals surface area contributed by atoms with Gasteiger partial charge in [-0.1, -0.05) is 0 Å². The summed E-state index contributed by atoms with van der Waals surface area (Å²) in [5.41, 5.74) is 4.66. The molecule has 3 N–H and O–H groups in total. The molecule has 16 heavy (non-hydrogen) atoms. The number of primary amides is 1. The summed E-state index contributed by atoms with van der Waals surface area (Å²) in [6, 6.07) is 2.26. The van der Waals surface area contributed by atoms with E-state index < -0.39 is 5.91 Å². The van der Waals surface area contributed by atoms with Gasteiger partial charge in [-0.05, 0) is 33.2 Å². The lowest BCUT2D eigenvalue weighted by molar-refractivity contribution is -0.122. The molecule has 0 rings (SSSR count). The maximum Gasteiger partial charge on any atom is 0.243 e. The Balaban J connectivity index is 3.23. The van der Waals surface area contributed by atoms with Gasteiger partial charge in [-0.25, -0.2) is 0 Å². The van der Waals surface area contributed by atoms with E-state index >= 15 is 0 Å². The average Bonchev–Trinajstić information content (AvgIpc) is 2.21. The molecule has 0 aliphatic rings. The zero-order chi connectivity index (χ0) is 12.4. The third-order valence-electron chi connectivity index (χ3n) is 2.13. The van der Waals surface area contributed by atoms with Gasteiger partial charge in [-0.15, -0.1) is 0 Å². The van der Waals surface area contributed by atoms with Gasteiger partial charge in [0, 0.05) is 6.54 Å². The first-order valence-electron chi connectivity index (χ1n) is 5.46. The van der Waals surface area contributed by atoms with Crippen molar-refractivity contribution in [2.75, 3.05) is 26.3 Å². The van der Waals surface area contributed by atoms with Crippen LogP contribution in [0.5, 0.6) is 0 Å². The summed E-state index contributed by atoms with van der Waals surface area (Å²) in [4.78, 5) is 10.3. The van der Waals surface area contributed by atoms with E-state index in [-0.39, 0.29) is 12.0 Å². The van der Waals surface area contributed by atoms with E-state index in [0.29, 0.717) is 13.2 Å². The third kappa shape index (κ3) is 9.44. The number of amides is 1. The lowest BCUT2D eigenvalue weighted by Gasteiger charge is -2.14. The lowest BCUT2D eigenvalue weighted by Crippen LogP contribution is -2.25. The van der Waals surface area contributed by atoms with Gasteiger partial charge in [0.2, 0.25) is 5.91 Å². The number of nitrogens with one attached hydrogen (secondary N) is 1. The zero-order valence-corrected chi connectivity index (χ0v) is 10.1. The average molecular weight is 227 g/mol. The molecule has 1 amide bonds. The fraction of sp³-hybridized carbons (Fsp3) is 0.818. The normalized spacial score (nSPS) is 11.1. The van der Waals surface area contributed by atoms with E-state index in [2.05, 4.69) is 11.4 Å². The molecular weight excluding hydrogens is 206 g/mol. The number of carbonyl (C=O) groups excluding carboxylic acids is 1. The Hall–Kier alpha value is -1.12. The molecule has 5 nitrogen and oxygen atoms in total. The molecular formula is C11H21N3O2. The Labute approximate surface area is 96.9 Å². The minimum atomic E-state index is -0.448. The second-order valence-electron chi connectivity index (χ2n) is 4.37. The molecule has 0 heterocycles. The van der Waals surface area contributed by atoms with Crippen LogP contribution in [0.3, 0.4) is 0 Å². The predicted octanol–water partition coefficient (Wildman–Crippen LogP) is 0.408. The summed E-state index contributed by atoms with van der Waals surface area (Å²) in [6.07, 6.45) is 1.83. The Morgan fingerprint density at radius 2 is 2.19 bits per heavy atom. The van der Waals surface area contributed by atoms with Crippen LogP contribution in [0.1, 0.15) is 26.7 Å². The molecule has 0 unspecified atom stereocenters. The number of rotatable bonds is 9. The van der Waals surface area contributed by atoms with Crippen LogP contribution < -0.4 is 11.1 Å². The fourth-order valence-corrected chi connectivity index (χ4v) is 1.15. The summed E-state index contributed by atoms with van der Waals surface area (Å²) in [5, 5.41) is 12.0. The molecule has 5 heteroatoms. The van der Waals surface area contributed by atoms with Crippen LogP contribution in [0.2, 0.25) is 0 Å². The number of ether oxygens (including phenoxy) is 1. The van der Waals surface area contributed by atoms with Gasteiger partial charge in [-0.2, -0.15) is 5.26 Å². The molecule has 0 bridgehead atoms. The lowest BCUT2D eigenvalue weighted by atomic mass is 9.90. The largest absolute Gasteiger partial charge is 0.370 e. The van der Waals surface area contributed by atoms with Gasteiger partial charge >= 0.3 is 0 Å². The summed E-state index contributed by atoms with van der Waals surface area (Å²) < 4.78 is 4.97. The first-order chi connectivity index (χ1) is 7.48. The highest BCUT2D eigenvalue weighted by atomic mass is 16.5. The van der Waals surface area contributed by atoms with Gasteiger partial charge in [0.05, 0.1) is 18.1 Å². The van der Waals surface area contributed by atoms with Crippen LogP contribution in [0, 0.1) is 16.7 Å². The van der Waals surface area contributed by atoms with Crippen molar-refractivity contribution in [3.05, 3.63) is 0 Å². The van der Waals surface area contributed by atoms with Crippen LogP contribution in [0.15, 0.2) is 0 Å². The van der Waals surface area contributed by atoms with Gasteiger partial charge in [0.1, 0.15) is 6.61 Å². The van der Waals surface area contributed by atoms with Crippen LogP contribution in [-0.2, 0) is 9.53 Å². The highest BCUT2D eigenvalue weighted by molar-refractivity contribution is 5.74. The van der Waals surface area contributed by atoms with Crippen molar-refractivity contribution in [1.82, 2.24) is 5.32 Å². The van der Waals surface area contributed by atoms with Crippen LogP contribution in [0.25, 0.3) is 0 Å². The summed E-state index contributed by atoms with van der Waals surface area (Å²) in [5.74, 6) is -0.448. The van der Waals surface area contributed by atoms with Crippen molar-refractivity contribution < 1.29 is 9.53 Å². The maximum absolute atomic E-state index is 10.3. The monoisotopic (exact) mass is 227 g/mol. The molecule has 0 fully saturated rings. The SMILES string of the molecule is CC(C)(C#N)CCCNCCOCC(N)=O. The Bertz CT molecular complexity index is 246. The number of nitriles is 1. The van der Waals surface area contributed by atoms with Gasteiger partial charge in [0.15, 0.2) is 0 Å². The zero-order valence-electron chi connectivity index (χ0n) is 10.1. The molecule has 0 radical (unpaired) electrons. The Kier molecular flexibility index (Phi) is 7.52. The van der Waals surface area contributed by atoms with Crippen molar-refractivity contribution in [3.63, 3.8) is 0 Å². The van der Waals surface area contributed by atoms with Crippen molar-refractivity contribution in [2.24, 2.45) is 11.1 Å². The molecule has 0 aliphatic carbocycles. The smallest absolute Gasteiger partial charge is 0.243 e. The molecule has 0 saturated heterocycles. The standard InChI is InChI=1S/C11H21N3O2/c1-11(2,9-12)4-3-5-14-6-7-16-8-10(13)15/h14H,3-8H2,1-2H3,(H2,13,15). The van der Waals surface area contributed by atoms with Crippen LogP contribution >= 0.6 is 0 Å². The highest BCUT2D eigenvalue weighted by Crippen LogP contribution is 2.19. The number of hydrogen-bond acceptors (Lipinski definition) is 4. The summed E-state index contributed by atoms with van der Waals surface area (Å²) in [6.45, 7) is 5.87. The Morgan fingerprint density at radius 3 is 2.75 bits per heavy atom. The summed E-state index contributed by atoms with van der Waals surface area (Å²) >= 11 is 0. The molecule has 0 atom stereocenters. The molecule has 0 aromatic rings. The predicted molar refractivity (Wildman–Crippen MR) is 61.5 cm³/mol. The van der Waals surface area contributed by atoms with Crippen molar-refractivity contribution in [1.29, 1.82) is 5.26 Å². The summed E-state index contributed by atoms with van der Waals surface area (Å²) in [7, 11) is 0. The van der Waals surface area contributed by atoms with Crippen molar-refractivity contribution in [3.8, 4) is 6.07 Å². The van der Waals surface area contributed by atoms with Crippen LogP contribution in [0.4, 0.5) is 0 Å². The molecule has 0 saturated carbocycles. The van der Waals surface area contributed by atoms with E-state index in [1.54, 1.807) is 0 Å². The van der Waals surface area contributed by atoms with E-state index in [4.69, 9.17) is 15.7 Å².